The molecule has 4 nitrogen and oxygen atoms in total. The highest BCUT2D eigenvalue weighted by Gasteiger charge is 2.11. The molecule has 94 valence electrons. The number of pyridine rings is 1. The first-order valence-corrected chi connectivity index (χ1v) is 5.89. The average molecular weight is 266 g/mol. The van der Waals surface area contributed by atoms with Gasteiger partial charge in [-0.3, -0.25) is 9.59 Å². The van der Waals surface area contributed by atoms with Crippen LogP contribution in [0.3, 0.4) is 0 Å². The maximum atomic E-state index is 12.2. The topological polar surface area (TPSA) is 70.2 Å². The van der Waals surface area contributed by atoms with Crippen molar-refractivity contribution in [1.29, 1.82) is 0 Å². The van der Waals surface area contributed by atoms with Crippen LogP contribution < -0.4 is 5.43 Å². The van der Waals surface area contributed by atoms with E-state index in [1.807, 2.05) is 0 Å². The highest BCUT2D eigenvalue weighted by atomic mass is 35.5. The number of rotatable bonds is 3. The van der Waals surface area contributed by atoms with Crippen molar-refractivity contribution in [3.8, 4) is 0 Å². The van der Waals surface area contributed by atoms with E-state index in [9.17, 15) is 9.59 Å². The third-order valence-corrected chi connectivity index (χ3v) is 3.10. The second kappa shape index (κ2) is 4.82. The first-order valence-electron chi connectivity index (χ1n) is 5.52. The van der Waals surface area contributed by atoms with Gasteiger partial charge in [-0.15, -0.1) is 0 Å². The molecule has 0 unspecified atom stereocenters. The lowest BCUT2D eigenvalue weighted by molar-refractivity contribution is -0.136. The van der Waals surface area contributed by atoms with Crippen molar-refractivity contribution in [1.82, 2.24) is 4.98 Å². The number of aromatic nitrogens is 1. The van der Waals surface area contributed by atoms with Gasteiger partial charge in [0.25, 0.3) is 0 Å². The van der Waals surface area contributed by atoms with Crippen LogP contribution in [0.4, 0.5) is 0 Å². The molecule has 1 aromatic heterocycles. The second-order valence-corrected chi connectivity index (χ2v) is 4.58. The summed E-state index contributed by atoms with van der Waals surface area (Å²) in [5, 5.41) is 9.66. The van der Waals surface area contributed by atoms with Crippen LogP contribution in [0.15, 0.2) is 23.0 Å². The monoisotopic (exact) mass is 265 g/mol. The van der Waals surface area contributed by atoms with Gasteiger partial charge in [-0.1, -0.05) is 11.6 Å². The molecule has 18 heavy (non-hydrogen) atoms. The minimum Gasteiger partial charge on any atom is -0.481 e. The number of benzene rings is 1. The summed E-state index contributed by atoms with van der Waals surface area (Å²) in [6.45, 7) is 1.77. The molecule has 0 amide bonds. The first-order chi connectivity index (χ1) is 8.49. The predicted octanol–water partition coefficient (Wildman–Crippen LogP) is 2.51. The molecule has 0 bridgehead atoms. The molecule has 0 aliphatic carbocycles. The van der Waals surface area contributed by atoms with Gasteiger partial charge in [0.05, 0.1) is 0 Å². The van der Waals surface area contributed by atoms with Crippen molar-refractivity contribution in [2.75, 3.05) is 0 Å². The number of halogens is 1. The highest BCUT2D eigenvalue weighted by molar-refractivity contribution is 6.31. The van der Waals surface area contributed by atoms with Crippen molar-refractivity contribution in [2.45, 2.75) is 19.8 Å². The molecule has 2 N–H and O–H groups in total. The Morgan fingerprint density at radius 1 is 1.44 bits per heavy atom. The Morgan fingerprint density at radius 2 is 2.17 bits per heavy atom. The molecular weight excluding hydrogens is 254 g/mol. The summed E-state index contributed by atoms with van der Waals surface area (Å²) in [5.74, 6) is -0.917. The number of hydrogen-bond acceptors (Lipinski definition) is 2. The molecule has 0 radical (unpaired) electrons. The molecule has 2 rings (SSSR count). The van der Waals surface area contributed by atoms with Gasteiger partial charge >= 0.3 is 5.97 Å². The third kappa shape index (κ3) is 2.38. The highest BCUT2D eigenvalue weighted by Crippen LogP contribution is 2.17. The Bertz CT molecular complexity index is 676. The fraction of sp³-hybridized carbons (Fsp3) is 0.231. The number of carbonyl (C=O) groups is 1. The van der Waals surface area contributed by atoms with E-state index in [-0.39, 0.29) is 18.3 Å². The third-order valence-electron chi connectivity index (χ3n) is 2.86. The van der Waals surface area contributed by atoms with Gasteiger partial charge < -0.3 is 10.1 Å². The number of aromatic amines is 1. The Morgan fingerprint density at radius 3 is 2.83 bits per heavy atom. The summed E-state index contributed by atoms with van der Waals surface area (Å²) in [5.41, 5.74) is 1.77. The van der Waals surface area contributed by atoms with Crippen LogP contribution in [0, 0.1) is 6.92 Å². The smallest absolute Gasteiger partial charge is 0.303 e. The minimum atomic E-state index is -0.917. The average Bonchev–Trinajstić information content (AvgIpc) is 2.30. The molecule has 0 aliphatic rings. The second-order valence-electron chi connectivity index (χ2n) is 4.14. The van der Waals surface area contributed by atoms with Crippen LogP contribution >= 0.6 is 11.6 Å². The molecule has 0 aliphatic heterocycles. The number of carboxylic acid groups (broad SMARTS) is 1. The Labute approximate surface area is 108 Å². The van der Waals surface area contributed by atoms with Crippen molar-refractivity contribution in [3.05, 3.63) is 44.7 Å². The Kier molecular flexibility index (Phi) is 3.39. The van der Waals surface area contributed by atoms with E-state index in [0.29, 0.717) is 27.2 Å². The largest absolute Gasteiger partial charge is 0.481 e. The normalized spacial score (nSPS) is 10.8. The quantitative estimate of drug-likeness (QED) is 0.896. The Hall–Kier alpha value is -1.81. The van der Waals surface area contributed by atoms with Crippen molar-refractivity contribution in [2.24, 2.45) is 0 Å². The summed E-state index contributed by atoms with van der Waals surface area (Å²) >= 11 is 5.86. The zero-order chi connectivity index (χ0) is 13.3. The van der Waals surface area contributed by atoms with Crippen molar-refractivity contribution < 1.29 is 9.90 Å². The van der Waals surface area contributed by atoms with Gasteiger partial charge in [0.2, 0.25) is 0 Å². The predicted molar refractivity (Wildman–Crippen MR) is 70.3 cm³/mol. The van der Waals surface area contributed by atoms with Crippen LogP contribution in [-0.2, 0) is 11.2 Å². The minimum absolute atomic E-state index is 0.0595. The molecule has 1 heterocycles. The van der Waals surface area contributed by atoms with Gasteiger partial charge in [0.1, 0.15) is 0 Å². The fourth-order valence-corrected chi connectivity index (χ4v) is 2.13. The number of carboxylic acids is 1. The summed E-state index contributed by atoms with van der Waals surface area (Å²) in [4.78, 5) is 25.9. The molecule has 0 atom stereocenters. The fourth-order valence-electron chi connectivity index (χ4n) is 1.96. The molecule has 0 saturated heterocycles. The van der Waals surface area contributed by atoms with E-state index in [4.69, 9.17) is 16.7 Å². The van der Waals surface area contributed by atoms with Gasteiger partial charge in [0.15, 0.2) is 5.43 Å². The summed E-state index contributed by atoms with van der Waals surface area (Å²) in [7, 11) is 0. The standard InChI is InChI=1S/C13H12ClNO3/c1-7-9(3-5-12(16)17)13(18)10-6-8(14)2-4-11(10)15-7/h2,4,6H,3,5H2,1H3,(H,15,18)(H,16,17). The maximum Gasteiger partial charge on any atom is 0.303 e. The number of hydrogen-bond donors (Lipinski definition) is 2. The first kappa shape index (κ1) is 12.6. The zero-order valence-electron chi connectivity index (χ0n) is 9.79. The van der Waals surface area contributed by atoms with E-state index < -0.39 is 5.97 Å². The van der Waals surface area contributed by atoms with E-state index in [0.717, 1.165) is 0 Å². The van der Waals surface area contributed by atoms with Crippen molar-refractivity contribution in [3.63, 3.8) is 0 Å². The zero-order valence-corrected chi connectivity index (χ0v) is 10.5. The van der Waals surface area contributed by atoms with E-state index in [2.05, 4.69) is 4.98 Å². The number of fused-ring (bicyclic) bond motifs is 1. The van der Waals surface area contributed by atoms with Gasteiger partial charge in [-0.2, -0.15) is 0 Å². The van der Waals surface area contributed by atoms with Crippen LogP contribution in [-0.4, -0.2) is 16.1 Å². The maximum absolute atomic E-state index is 12.2. The lowest BCUT2D eigenvalue weighted by Crippen LogP contribution is -2.14. The Balaban J connectivity index is 2.60. The van der Waals surface area contributed by atoms with Crippen LogP contribution in [0.5, 0.6) is 0 Å². The van der Waals surface area contributed by atoms with E-state index in [1.165, 1.54) is 0 Å². The SMILES string of the molecule is Cc1[nH]c2ccc(Cl)cc2c(=O)c1CCC(=O)O. The van der Waals surface area contributed by atoms with Crippen LogP contribution in [0.1, 0.15) is 17.7 Å². The number of nitrogens with one attached hydrogen (secondary N) is 1. The van der Waals surface area contributed by atoms with Crippen LogP contribution in [0.25, 0.3) is 10.9 Å². The molecule has 0 spiro atoms. The summed E-state index contributed by atoms with van der Waals surface area (Å²) in [6.07, 6.45) is 0.162. The van der Waals surface area contributed by atoms with Crippen LogP contribution in [0.2, 0.25) is 5.02 Å². The molecule has 5 heteroatoms. The summed E-state index contributed by atoms with van der Waals surface area (Å²) < 4.78 is 0. The van der Waals surface area contributed by atoms with Gasteiger partial charge in [-0.25, -0.2) is 0 Å². The number of H-pyrrole nitrogens is 1. The van der Waals surface area contributed by atoms with E-state index in [1.54, 1.807) is 25.1 Å². The lowest BCUT2D eigenvalue weighted by atomic mass is 10.0. The van der Waals surface area contributed by atoms with Gasteiger partial charge in [-0.05, 0) is 31.5 Å². The molecule has 0 saturated carbocycles. The number of aliphatic carboxylic acids is 1. The molecule has 1 aromatic carbocycles. The van der Waals surface area contributed by atoms with E-state index >= 15 is 0 Å². The molecule has 0 fully saturated rings. The molecule has 2 aromatic rings. The van der Waals surface area contributed by atoms with Gasteiger partial charge in [0, 0.05) is 33.6 Å². The van der Waals surface area contributed by atoms with Crippen molar-refractivity contribution >= 4 is 28.5 Å². The summed E-state index contributed by atoms with van der Waals surface area (Å²) in [6, 6.07) is 5.04. The lowest BCUT2D eigenvalue weighted by Gasteiger charge is -2.07. The molecular formula is C13H12ClNO3. The number of aryl methyl sites for hydroxylation is 1.